The normalized spacial score (nSPS) is 10.8. The van der Waals surface area contributed by atoms with Crippen LogP contribution in [0.4, 0.5) is 0 Å². The average Bonchev–Trinajstić information content (AvgIpc) is 2.59. The van der Waals surface area contributed by atoms with Crippen LogP contribution in [-0.2, 0) is 4.74 Å². The minimum Gasteiger partial charge on any atom is -0.493 e. The first-order valence-corrected chi connectivity index (χ1v) is 7.53. The minimum atomic E-state index is -0.0592. The molecule has 0 aliphatic carbocycles. The van der Waals surface area contributed by atoms with E-state index in [0.717, 1.165) is 12.0 Å². The number of methoxy groups -OCH3 is 1. The monoisotopic (exact) mass is 310 g/mol. The number of hydrogen-bond acceptors (Lipinski definition) is 4. The van der Waals surface area contributed by atoms with Crippen molar-refractivity contribution in [1.82, 2.24) is 0 Å². The Labute approximate surface area is 134 Å². The van der Waals surface area contributed by atoms with E-state index in [4.69, 9.17) is 13.9 Å². The highest BCUT2D eigenvalue weighted by Crippen LogP contribution is 2.30. The molecule has 3 aromatic rings. The molecule has 1 aromatic heterocycles. The van der Waals surface area contributed by atoms with Crippen molar-refractivity contribution >= 4 is 11.0 Å². The molecule has 0 bridgehead atoms. The maximum atomic E-state index is 12.3. The van der Waals surface area contributed by atoms with Gasteiger partial charge in [0.15, 0.2) is 5.43 Å². The molecule has 0 fully saturated rings. The fourth-order valence-corrected chi connectivity index (χ4v) is 2.42. The maximum absolute atomic E-state index is 12.3. The quantitative estimate of drug-likeness (QED) is 0.648. The van der Waals surface area contributed by atoms with Gasteiger partial charge in [-0.3, -0.25) is 4.79 Å². The lowest BCUT2D eigenvalue weighted by Gasteiger charge is -2.11. The Morgan fingerprint density at radius 2 is 1.78 bits per heavy atom. The number of ether oxygens (including phenoxy) is 2. The summed E-state index contributed by atoms with van der Waals surface area (Å²) >= 11 is 0. The predicted molar refractivity (Wildman–Crippen MR) is 89.9 cm³/mol. The van der Waals surface area contributed by atoms with Crippen LogP contribution < -0.4 is 10.2 Å². The van der Waals surface area contributed by atoms with Gasteiger partial charge in [0.1, 0.15) is 17.1 Å². The van der Waals surface area contributed by atoms with Gasteiger partial charge in [-0.1, -0.05) is 24.3 Å². The van der Waals surface area contributed by atoms with Crippen LogP contribution in [0.2, 0.25) is 0 Å². The highest BCUT2D eigenvalue weighted by molar-refractivity contribution is 5.79. The van der Waals surface area contributed by atoms with Crippen molar-refractivity contribution in [2.24, 2.45) is 0 Å². The van der Waals surface area contributed by atoms with E-state index in [1.54, 1.807) is 19.2 Å². The van der Waals surface area contributed by atoms with Crippen molar-refractivity contribution in [2.75, 3.05) is 20.3 Å². The molecular weight excluding hydrogens is 292 g/mol. The van der Waals surface area contributed by atoms with Crippen LogP contribution in [0.15, 0.2) is 63.8 Å². The van der Waals surface area contributed by atoms with Crippen LogP contribution in [-0.4, -0.2) is 20.3 Å². The third-order valence-electron chi connectivity index (χ3n) is 3.54. The SMILES string of the molecule is COCCCOc1ccccc1-c1cc(=O)c2ccccc2o1. The van der Waals surface area contributed by atoms with Crippen LogP contribution in [0.3, 0.4) is 0 Å². The smallest absolute Gasteiger partial charge is 0.193 e. The molecule has 23 heavy (non-hydrogen) atoms. The maximum Gasteiger partial charge on any atom is 0.193 e. The molecule has 0 saturated heterocycles. The van der Waals surface area contributed by atoms with Gasteiger partial charge in [0.2, 0.25) is 0 Å². The molecule has 2 aromatic carbocycles. The topological polar surface area (TPSA) is 48.7 Å². The highest BCUT2D eigenvalue weighted by Gasteiger charge is 2.11. The first kappa shape index (κ1) is 15.3. The van der Waals surface area contributed by atoms with Crippen molar-refractivity contribution in [2.45, 2.75) is 6.42 Å². The lowest BCUT2D eigenvalue weighted by molar-refractivity contribution is 0.172. The van der Waals surface area contributed by atoms with Gasteiger partial charge in [0.05, 0.1) is 17.6 Å². The van der Waals surface area contributed by atoms with E-state index in [-0.39, 0.29) is 5.43 Å². The fraction of sp³-hybridized carbons (Fsp3) is 0.211. The van der Waals surface area contributed by atoms with Crippen molar-refractivity contribution in [3.63, 3.8) is 0 Å². The summed E-state index contributed by atoms with van der Waals surface area (Å²) in [6, 6.07) is 16.3. The summed E-state index contributed by atoms with van der Waals surface area (Å²) in [5, 5.41) is 0.578. The first-order valence-electron chi connectivity index (χ1n) is 7.53. The van der Waals surface area contributed by atoms with Gasteiger partial charge in [0, 0.05) is 26.2 Å². The van der Waals surface area contributed by atoms with E-state index in [2.05, 4.69) is 0 Å². The molecule has 0 amide bonds. The zero-order valence-corrected chi connectivity index (χ0v) is 13.0. The molecule has 0 aliphatic heterocycles. The second kappa shape index (κ2) is 7.11. The van der Waals surface area contributed by atoms with Crippen molar-refractivity contribution in [3.8, 4) is 17.1 Å². The summed E-state index contributed by atoms with van der Waals surface area (Å²) < 4.78 is 16.7. The first-order chi connectivity index (χ1) is 11.3. The lowest BCUT2D eigenvalue weighted by Crippen LogP contribution is -2.03. The average molecular weight is 310 g/mol. The third-order valence-corrected chi connectivity index (χ3v) is 3.54. The van der Waals surface area contributed by atoms with Crippen LogP contribution in [0.1, 0.15) is 6.42 Å². The van der Waals surface area contributed by atoms with E-state index in [1.807, 2.05) is 36.4 Å². The molecule has 0 aliphatic rings. The summed E-state index contributed by atoms with van der Waals surface area (Å²) in [4.78, 5) is 12.3. The third kappa shape index (κ3) is 3.43. The van der Waals surface area contributed by atoms with Gasteiger partial charge in [-0.25, -0.2) is 0 Å². The molecule has 0 saturated carbocycles. The van der Waals surface area contributed by atoms with Crippen LogP contribution >= 0.6 is 0 Å². The van der Waals surface area contributed by atoms with Crippen LogP contribution in [0.5, 0.6) is 5.75 Å². The van der Waals surface area contributed by atoms with E-state index >= 15 is 0 Å². The Balaban J connectivity index is 1.97. The number of para-hydroxylation sites is 2. The molecule has 0 radical (unpaired) electrons. The van der Waals surface area contributed by atoms with Crippen molar-refractivity contribution in [3.05, 3.63) is 64.8 Å². The summed E-state index contributed by atoms with van der Waals surface area (Å²) in [7, 11) is 1.66. The van der Waals surface area contributed by atoms with Crippen molar-refractivity contribution in [1.29, 1.82) is 0 Å². The molecule has 4 nitrogen and oxygen atoms in total. The summed E-state index contributed by atoms with van der Waals surface area (Å²) in [5.41, 5.74) is 1.29. The minimum absolute atomic E-state index is 0.0592. The molecule has 4 heteroatoms. The molecule has 3 rings (SSSR count). The Kier molecular flexibility index (Phi) is 4.74. The number of hydrogen-bond donors (Lipinski definition) is 0. The summed E-state index contributed by atoms with van der Waals surface area (Å²) in [5.74, 6) is 1.21. The zero-order chi connectivity index (χ0) is 16.1. The van der Waals surface area contributed by atoms with E-state index in [1.165, 1.54) is 6.07 Å². The van der Waals surface area contributed by atoms with Gasteiger partial charge in [-0.05, 0) is 24.3 Å². The largest absolute Gasteiger partial charge is 0.493 e. The Bertz CT molecular complexity index is 851. The molecular formula is C19H18O4. The fourth-order valence-electron chi connectivity index (χ4n) is 2.42. The van der Waals surface area contributed by atoms with Crippen LogP contribution in [0, 0.1) is 0 Å². The summed E-state index contributed by atoms with van der Waals surface area (Å²) in [6.45, 7) is 1.19. The zero-order valence-electron chi connectivity index (χ0n) is 13.0. The Morgan fingerprint density at radius 3 is 2.65 bits per heavy atom. The molecule has 118 valence electrons. The molecule has 0 N–H and O–H groups in total. The second-order valence-electron chi connectivity index (χ2n) is 5.16. The molecule has 1 heterocycles. The molecule has 0 spiro atoms. The Hall–Kier alpha value is -2.59. The van der Waals surface area contributed by atoms with Crippen LogP contribution in [0.25, 0.3) is 22.3 Å². The van der Waals surface area contributed by atoms with Gasteiger partial charge in [0.25, 0.3) is 0 Å². The van der Waals surface area contributed by atoms with E-state index in [0.29, 0.717) is 35.7 Å². The van der Waals surface area contributed by atoms with E-state index < -0.39 is 0 Å². The predicted octanol–water partition coefficient (Wildman–Crippen LogP) is 3.88. The second-order valence-corrected chi connectivity index (χ2v) is 5.16. The van der Waals surface area contributed by atoms with Gasteiger partial charge >= 0.3 is 0 Å². The molecule has 0 atom stereocenters. The van der Waals surface area contributed by atoms with Crippen molar-refractivity contribution < 1.29 is 13.9 Å². The Morgan fingerprint density at radius 1 is 1.00 bits per heavy atom. The standard InChI is InChI=1S/C19H18O4/c1-21-11-6-12-22-17-9-4-3-8-15(17)19-13-16(20)14-7-2-5-10-18(14)23-19/h2-5,7-10,13H,6,11-12H2,1H3. The highest BCUT2D eigenvalue weighted by atomic mass is 16.5. The van der Waals surface area contributed by atoms with Gasteiger partial charge in [-0.15, -0.1) is 0 Å². The number of benzene rings is 2. The lowest BCUT2D eigenvalue weighted by atomic mass is 10.1. The summed E-state index contributed by atoms with van der Waals surface area (Å²) in [6.07, 6.45) is 0.798. The van der Waals surface area contributed by atoms with Gasteiger partial charge < -0.3 is 13.9 Å². The number of fused-ring (bicyclic) bond motifs is 1. The van der Waals surface area contributed by atoms with Gasteiger partial charge in [-0.2, -0.15) is 0 Å². The number of rotatable bonds is 6. The molecule has 0 unspecified atom stereocenters. The van der Waals surface area contributed by atoms with E-state index in [9.17, 15) is 4.79 Å².